The number of nitrogens with zero attached hydrogens (tertiary/aromatic N) is 5. The van der Waals surface area contributed by atoms with Crippen LogP contribution in [-0.4, -0.2) is 32.8 Å². The first kappa shape index (κ1) is 18.0. The molecule has 2 aromatic rings. The standard InChI is InChI=1S/C19H23F2N5O/c20-19(21)16-10-18(27)26(12-22-16)11-13-5-7-25(8-6-13)17-9-14-3-1-2-4-15(14)23-24-17/h9-10,12-13,19H,1-8,11H2. The van der Waals surface area contributed by atoms with Crippen molar-refractivity contribution in [3.8, 4) is 0 Å². The van der Waals surface area contributed by atoms with Gasteiger partial charge in [0, 0.05) is 25.7 Å². The highest BCUT2D eigenvalue weighted by molar-refractivity contribution is 5.42. The van der Waals surface area contributed by atoms with Crippen LogP contribution in [0.1, 0.15) is 49.1 Å². The fourth-order valence-corrected chi connectivity index (χ4v) is 3.95. The first-order valence-corrected chi connectivity index (χ1v) is 9.55. The van der Waals surface area contributed by atoms with Crippen LogP contribution in [0.2, 0.25) is 0 Å². The molecule has 6 nitrogen and oxygen atoms in total. The van der Waals surface area contributed by atoms with Crippen LogP contribution in [0.3, 0.4) is 0 Å². The zero-order valence-corrected chi connectivity index (χ0v) is 15.2. The second kappa shape index (κ2) is 7.70. The minimum absolute atomic E-state index is 0.323. The molecule has 27 heavy (non-hydrogen) atoms. The summed E-state index contributed by atoms with van der Waals surface area (Å²) >= 11 is 0. The van der Waals surface area contributed by atoms with E-state index in [2.05, 4.69) is 26.1 Å². The molecule has 0 bridgehead atoms. The lowest BCUT2D eigenvalue weighted by atomic mass is 9.95. The van der Waals surface area contributed by atoms with Crippen LogP contribution >= 0.6 is 0 Å². The summed E-state index contributed by atoms with van der Waals surface area (Å²) in [6.07, 6.45) is 4.88. The van der Waals surface area contributed by atoms with Crippen LogP contribution < -0.4 is 10.5 Å². The minimum atomic E-state index is -2.71. The molecule has 0 radical (unpaired) electrons. The molecule has 3 heterocycles. The van der Waals surface area contributed by atoms with E-state index >= 15 is 0 Å². The molecule has 0 unspecified atom stereocenters. The van der Waals surface area contributed by atoms with Crippen molar-refractivity contribution in [1.29, 1.82) is 0 Å². The van der Waals surface area contributed by atoms with E-state index in [1.54, 1.807) is 0 Å². The number of fused-ring (bicyclic) bond motifs is 1. The largest absolute Gasteiger partial charge is 0.355 e. The number of piperidine rings is 1. The molecular formula is C19H23F2N5O. The lowest BCUT2D eigenvalue weighted by Gasteiger charge is -2.33. The number of aryl methyl sites for hydroxylation is 2. The molecule has 0 spiro atoms. The van der Waals surface area contributed by atoms with Gasteiger partial charge in [-0.05, 0) is 56.1 Å². The van der Waals surface area contributed by atoms with Crippen LogP contribution in [0.15, 0.2) is 23.3 Å². The van der Waals surface area contributed by atoms with Gasteiger partial charge in [-0.3, -0.25) is 9.36 Å². The van der Waals surface area contributed by atoms with Crippen LogP contribution in [0.4, 0.5) is 14.6 Å². The molecular weight excluding hydrogens is 352 g/mol. The Morgan fingerprint density at radius 3 is 2.63 bits per heavy atom. The third-order valence-electron chi connectivity index (χ3n) is 5.57. The zero-order valence-electron chi connectivity index (χ0n) is 15.2. The fourth-order valence-electron chi connectivity index (χ4n) is 3.95. The van der Waals surface area contributed by atoms with Gasteiger partial charge < -0.3 is 4.90 Å². The van der Waals surface area contributed by atoms with Gasteiger partial charge in [0.15, 0.2) is 5.82 Å². The average molecular weight is 375 g/mol. The predicted octanol–water partition coefficient (Wildman–Crippen LogP) is 2.77. The zero-order chi connectivity index (χ0) is 18.8. The molecule has 1 aliphatic heterocycles. The summed E-state index contributed by atoms with van der Waals surface area (Å²) in [4.78, 5) is 17.9. The number of rotatable bonds is 4. The van der Waals surface area contributed by atoms with Crippen molar-refractivity contribution in [1.82, 2.24) is 19.7 Å². The smallest absolute Gasteiger partial charge is 0.280 e. The van der Waals surface area contributed by atoms with E-state index in [1.165, 1.54) is 29.3 Å². The Morgan fingerprint density at radius 2 is 1.89 bits per heavy atom. The molecule has 4 rings (SSSR count). The van der Waals surface area contributed by atoms with E-state index in [1.807, 2.05) is 0 Å². The van der Waals surface area contributed by atoms with Crippen molar-refractivity contribution >= 4 is 5.82 Å². The van der Waals surface area contributed by atoms with Gasteiger partial charge in [0.05, 0.1) is 12.0 Å². The summed E-state index contributed by atoms with van der Waals surface area (Å²) in [6, 6.07) is 3.11. The molecule has 1 fully saturated rings. The number of alkyl halides is 2. The fraction of sp³-hybridized carbons (Fsp3) is 0.579. The van der Waals surface area contributed by atoms with Gasteiger partial charge in [0.1, 0.15) is 5.69 Å². The lowest BCUT2D eigenvalue weighted by Crippen LogP contribution is -2.37. The molecule has 1 saturated heterocycles. The van der Waals surface area contributed by atoms with Crippen LogP contribution in [0.25, 0.3) is 0 Å². The molecule has 8 heteroatoms. The SMILES string of the molecule is O=c1cc(C(F)F)ncn1CC1CCN(c2cc3c(nn2)CCCC3)CC1. The molecule has 0 saturated carbocycles. The third kappa shape index (κ3) is 3.99. The van der Waals surface area contributed by atoms with Crippen molar-refractivity contribution in [2.45, 2.75) is 51.5 Å². The molecule has 0 amide bonds. The highest BCUT2D eigenvalue weighted by Gasteiger charge is 2.23. The normalized spacial score (nSPS) is 18.0. The predicted molar refractivity (Wildman–Crippen MR) is 97.1 cm³/mol. The van der Waals surface area contributed by atoms with Crippen molar-refractivity contribution < 1.29 is 8.78 Å². The Labute approximate surface area is 156 Å². The first-order valence-electron chi connectivity index (χ1n) is 9.55. The second-order valence-corrected chi connectivity index (χ2v) is 7.42. The summed E-state index contributed by atoms with van der Waals surface area (Å²) in [7, 11) is 0. The minimum Gasteiger partial charge on any atom is -0.355 e. The Balaban J connectivity index is 1.37. The van der Waals surface area contributed by atoms with Crippen molar-refractivity contribution in [2.75, 3.05) is 18.0 Å². The summed E-state index contributed by atoms with van der Waals surface area (Å²) in [6.45, 7) is 2.23. The van der Waals surface area contributed by atoms with E-state index in [-0.39, 0.29) is 0 Å². The molecule has 2 aliphatic rings. The lowest BCUT2D eigenvalue weighted by molar-refractivity contribution is 0.145. The number of aromatic nitrogens is 4. The Kier molecular flexibility index (Phi) is 5.13. The topological polar surface area (TPSA) is 63.9 Å². The highest BCUT2D eigenvalue weighted by atomic mass is 19.3. The maximum absolute atomic E-state index is 12.6. The van der Waals surface area contributed by atoms with Gasteiger partial charge in [-0.1, -0.05) is 0 Å². The van der Waals surface area contributed by atoms with Gasteiger partial charge in [-0.2, -0.15) is 5.10 Å². The van der Waals surface area contributed by atoms with E-state index in [4.69, 9.17) is 0 Å². The van der Waals surface area contributed by atoms with Crippen molar-refractivity contribution in [3.63, 3.8) is 0 Å². The third-order valence-corrected chi connectivity index (χ3v) is 5.57. The number of hydrogen-bond acceptors (Lipinski definition) is 5. The molecule has 144 valence electrons. The van der Waals surface area contributed by atoms with E-state index in [0.717, 1.165) is 56.4 Å². The molecule has 2 aromatic heterocycles. The van der Waals surface area contributed by atoms with Crippen molar-refractivity contribution in [3.05, 3.63) is 45.8 Å². The average Bonchev–Trinajstić information content (AvgIpc) is 2.69. The van der Waals surface area contributed by atoms with Gasteiger partial charge in [-0.25, -0.2) is 13.8 Å². The Morgan fingerprint density at radius 1 is 1.11 bits per heavy atom. The summed E-state index contributed by atoms with van der Waals surface area (Å²) < 4.78 is 26.7. The summed E-state index contributed by atoms with van der Waals surface area (Å²) in [5.41, 5.74) is 1.59. The Hall–Kier alpha value is -2.38. The highest BCUT2D eigenvalue weighted by Crippen LogP contribution is 2.26. The van der Waals surface area contributed by atoms with Gasteiger partial charge in [-0.15, -0.1) is 5.10 Å². The Bertz CT molecular complexity index is 861. The van der Waals surface area contributed by atoms with Crippen molar-refractivity contribution in [2.24, 2.45) is 5.92 Å². The first-order chi connectivity index (χ1) is 13.1. The van der Waals surface area contributed by atoms with Crippen LogP contribution in [-0.2, 0) is 19.4 Å². The van der Waals surface area contributed by atoms with E-state index in [0.29, 0.717) is 12.5 Å². The van der Waals surface area contributed by atoms with Gasteiger partial charge >= 0.3 is 0 Å². The number of anilines is 1. The van der Waals surface area contributed by atoms with Gasteiger partial charge in [0.2, 0.25) is 0 Å². The summed E-state index contributed by atoms with van der Waals surface area (Å²) in [5, 5.41) is 8.81. The maximum atomic E-state index is 12.6. The molecule has 0 N–H and O–H groups in total. The summed E-state index contributed by atoms with van der Waals surface area (Å²) in [5.74, 6) is 1.26. The van der Waals surface area contributed by atoms with Crippen LogP contribution in [0.5, 0.6) is 0 Å². The van der Waals surface area contributed by atoms with E-state index in [9.17, 15) is 13.6 Å². The molecule has 1 aliphatic carbocycles. The molecule has 0 aromatic carbocycles. The second-order valence-electron chi connectivity index (χ2n) is 7.42. The van der Waals surface area contributed by atoms with Gasteiger partial charge in [0.25, 0.3) is 12.0 Å². The number of halogens is 2. The maximum Gasteiger partial charge on any atom is 0.280 e. The monoisotopic (exact) mass is 375 g/mol. The quantitative estimate of drug-likeness (QED) is 0.822. The molecule has 0 atom stereocenters. The van der Waals surface area contributed by atoms with E-state index < -0.39 is 17.7 Å². The van der Waals surface area contributed by atoms with Crippen LogP contribution in [0, 0.1) is 5.92 Å². The number of hydrogen-bond donors (Lipinski definition) is 0.